The molecule has 4 rings (SSSR count). The number of H-pyrrole nitrogens is 2. The average Bonchev–Trinajstić information content (AvgIpc) is 3.04. The molecule has 4 aromatic heterocycles. The Morgan fingerprint density at radius 3 is 2.74 bits per heavy atom. The van der Waals surface area contributed by atoms with Crippen molar-refractivity contribution in [3.05, 3.63) is 30.9 Å². The van der Waals surface area contributed by atoms with E-state index >= 15 is 0 Å². The maximum absolute atomic E-state index is 5.47. The highest BCUT2D eigenvalue weighted by Gasteiger charge is 2.10. The molecule has 0 fully saturated rings. The van der Waals surface area contributed by atoms with Gasteiger partial charge in [-0.2, -0.15) is 0 Å². The van der Waals surface area contributed by atoms with E-state index in [1.807, 2.05) is 12.3 Å². The summed E-state index contributed by atoms with van der Waals surface area (Å²) in [4.78, 5) is 23.1. The first-order chi connectivity index (χ1) is 9.31. The van der Waals surface area contributed by atoms with E-state index in [1.165, 1.54) is 0 Å². The fourth-order valence-corrected chi connectivity index (χ4v) is 2.07. The lowest BCUT2D eigenvalue weighted by Crippen LogP contribution is -1.94. The Morgan fingerprint density at radius 1 is 1.05 bits per heavy atom. The number of imidazole rings is 1. The molecule has 0 aromatic carbocycles. The van der Waals surface area contributed by atoms with Gasteiger partial charge in [0.1, 0.15) is 17.0 Å². The number of hydrogen-bond acceptors (Lipinski definition) is 5. The molecule has 0 saturated carbocycles. The highest BCUT2D eigenvalue weighted by Crippen LogP contribution is 2.24. The van der Waals surface area contributed by atoms with Crippen molar-refractivity contribution in [2.75, 3.05) is 5.73 Å². The van der Waals surface area contributed by atoms with Crippen molar-refractivity contribution in [3.8, 4) is 11.4 Å². The van der Waals surface area contributed by atoms with E-state index in [9.17, 15) is 0 Å². The summed E-state index contributed by atoms with van der Waals surface area (Å²) in [6.07, 6.45) is 6.88. The lowest BCUT2D eigenvalue weighted by Gasteiger charge is -1.94. The zero-order valence-corrected chi connectivity index (χ0v) is 9.75. The number of aromatic nitrogens is 6. The van der Waals surface area contributed by atoms with Gasteiger partial charge in [0.25, 0.3) is 0 Å². The Labute approximate surface area is 106 Å². The quantitative estimate of drug-likeness (QED) is 0.474. The van der Waals surface area contributed by atoms with Gasteiger partial charge >= 0.3 is 0 Å². The highest BCUT2D eigenvalue weighted by atomic mass is 15.0. The van der Waals surface area contributed by atoms with Gasteiger partial charge in [-0.3, -0.25) is 0 Å². The van der Waals surface area contributed by atoms with E-state index in [-0.39, 0.29) is 5.95 Å². The minimum Gasteiger partial charge on any atom is -0.368 e. The van der Waals surface area contributed by atoms with Crippen molar-refractivity contribution in [1.29, 1.82) is 0 Å². The van der Waals surface area contributed by atoms with E-state index in [4.69, 9.17) is 5.73 Å². The number of nitrogens with two attached hydrogens (primary N) is 1. The van der Waals surface area contributed by atoms with Crippen LogP contribution < -0.4 is 5.73 Å². The van der Waals surface area contributed by atoms with E-state index in [1.54, 1.807) is 18.6 Å². The van der Waals surface area contributed by atoms with Gasteiger partial charge in [-0.05, 0) is 6.07 Å². The summed E-state index contributed by atoms with van der Waals surface area (Å²) in [5.74, 6) is 0.944. The van der Waals surface area contributed by atoms with Gasteiger partial charge in [-0.25, -0.2) is 19.9 Å². The van der Waals surface area contributed by atoms with Crippen LogP contribution >= 0.6 is 0 Å². The van der Waals surface area contributed by atoms with Crippen molar-refractivity contribution < 1.29 is 0 Å². The van der Waals surface area contributed by atoms with Crippen molar-refractivity contribution in [1.82, 2.24) is 29.9 Å². The van der Waals surface area contributed by atoms with Gasteiger partial charge in [-0.1, -0.05) is 0 Å². The maximum Gasteiger partial charge on any atom is 0.219 e. The molecule has 0 radical (unpaired) electrons. The fraction of sp³-hybridized carbons (Fsp3) is 0. The van der Waals surface area contributed by atoms with Crippen LogP contribution in [-0.2, 0) is 0 Å². The molecular formula is C12H9N7. The van der Waals surface area contributed by atoms with E-state index in [0.29, 0.717) is 5.82 Å². The number of pyridine rings is 1. The Balaban J connectivity index is 1.98. The molecule has 0 atom stereocenters. The second kappa shape index (κ2) is 3.52. The molecule has 4 N–H and O–H groups in total. The minimum atomic E-state index is 0.245. The standard InChI is InChI=1S/C12H9N7/c13-12-16-3-6(4-17-12)10-18-8-5-15-11-7(1-2-14-11)9(8)19-10/h1-5H,(H,14,15)(H,18,19)(H2,13,16,17). The molecule has 0 aliphatic carbocycles. The predicted molar refractivity (Wildman–Crippen MR) is 71.2 cm³/mol. The molecule has 4 aromatic rings. The molecule has 92 valence electrons. The number of hydrogen-bond donors (Lipinski definition) is 3. The molecule has 0 saturated heterocycles. The third kappa shape index (κ3) is 1.45. The smallest absolute Gasteiger partial charge is 0.219 e. The fourth-order valence-electron chi connectivity index (χ4n) is 2.07. The van der Waals surface area contributed by atoms with Gasteiger partial charge in [0, 0.05) is 24.0 Å². The summed E-state index contributed by atoms with van der Waals surface area (Å²) in [5, 5.41) is 0.983. The number of rotatable bonds is 1. The third-order valence-corrected chi connectivity index (χ3v) is 2.98. The third-order valence-electron chi connectivity index (χ3n) is 2.98. The first-order valence-corrected chi connectivity index (χ1v) is 5.71. The summed E-state index contributed by atoms with van der Waals surface area (Å²) < 4.78 is 0. The van der Waals surface area contributed by atoms with E-state index in [2.05, 4.69) is 29.9 Å². The van der Waals surface area contributed by atoms with Crippen LogP contribution in [0.4, 0.5) is 5.95 Å². The largest absolute Gasteiger partial charge is 0.368 e. The van der Waals surface area contributed by atoms with Crippen LogP contribution in [0.3, 0.4) is 0 Å². The number of nitrogen functional groups attached to an aromatic ring is 1. The Morgan fingerprint density at radius 2 is 1.89 bits per heavy atom. The van der Waals surface area contributed by atoms with Crippen molar-refractivity contribution in [3.63, 3.8) is 0 Å². The molecule has 0 bridgehead atoms. The molecule has 0 aliphatic rings. The molecule has 0 spiro atoms. The topological polar surface area (TPSA) is 109 Å². The van der Waals surface area contributed by atoms with Crippen molar-refractivity contribution >= 4 is 28.0 Å². The first-order valence-electron chi connectivity index (χ1n) is 5.71. The van der Waals surface area contributed by atoms with Crippen LogP contribution in [0.2, 0.25) is 0 Å². The molecule has 0 amide bonds. The number of nitrogens with zero attached hydrogens (tertiary/aromatic N) is 4. The number of aromatic amines is 2. The second-order valence-electron chi connectivity index (χ2n) is 4.18. The SMILES string of the molecule is Nc1ncc(-c2nc3c(cnc4[nH]ccc43)[nH]2)cn1. The monoisotopic (exact) mass is 251 g/mol. The first kappa shape index (κ1) is 10.0. The van der Waals surface area contributed by atoms with Crippen LogP contribution in [0.1, 0.15) is 0 Å². The summed E-state index contributed by atoms with van der Waals surface area (Å²) in [7, 11) is 0. The summed E-state index contributed by atoms with van der Waals surface area (Å²) in [6.45, 7) is 0. The normalized spacial score (nSPS) is 11.4. The van der Waals surface area contributed by atoms with Crippen LogP contribution in [0, 0.1) is 0 Å². The van der Waals surface area contributed by atoms with Crippen molar-refractivity contribution in [2.45, 2.75) is 0 Å². The van der Waals surface area contributed by atoms with E-state index in [0.717, 1.165) is 27.6 Å². The van der Waals surface area contributed by atoms with Crippen LogP contribution in [0.25, 0.3) is 33.5 Å². The van der Waals surface area contributed by atoms with E-state index < -0.39 is 0 Å². The van der Waals surface area contributed by atoms with Gasteiger partial charge in [0.15, 0.2) is 0 Å². The Bertz CT molecular complexity index is 872. The Hall–Kier alpha value is -2.96. The second-order valence-corrected chi connectivity index (χ2v) is 4.18. The lowest BCUT2D eigenvalue weighted by atomic mass is 10.3. The van der Waals surface area contributed by atoms with Gasteiger partial charge < -0.3 is 15.7 Å². The van der Waals surface area contributed by atoms with Crippen LogP contribution in [0.15, 0.2) is 30.9 Å². The summed E-state index contributed by atoms with van der Waals surface area (Å²) >= 11 is 0. The Kier molecular flexibility index (Phi) is 1.85. The average molecular weight is 251 g/mol. The molecule has 0 aliphatic heterocycles. The molecule has 19 heavy (non-hydrogen) atoms. The molecule has 4 heterocycles. The molecule has 0 unspecified atom stereocenters. The van der Waals surface area contributed by atoms with Crippen LogP contribution in [-0.4, -0.2) is 29.9 Å². The maximum atomic E-state index is 5.47. The number of fused-ring (bicyclic) bond motifs is 3. The summed E-state index contributed by atoms with van der Waals surface area (Å²) in [5.41, 5.74) is 8.83. The molecular weight excluding hydrogens is 242 g/mol. The number of anilines is 1. The highest BCUT2D eigenvalue weighted by molar-refractivity contribution is 6.01. The van der Waals surface area contributed by atoms with Gasteiger partial charge in [-0.15, -0.1) is 0 Å². The zero-order valence-electron chi connectivity index (χ0n) is 9.75. The van der Waals surface area contributed by atoms with Crippen LogP contribution in [0.5, 0.6) is 0 Å². The summed E-state index contributed by atoms with van der Waals surface area (Å²) in [6, 6.07) is 1.95. The predicted octanol–water partition coefficient (Wildman–Crippen LogP) is 1.48. The minimum absolute atomic E-state index is 0.245. The number of nitrogens with one attached hydrogen (secondary N) is 2. The molecule has 7 nitrogen and oxygen atoms in total. The molecule has 7 heteroatoms. The van der Waals surface area contributed by atoms with Gasteiger partial charge in [0.2, 0.25) is 5.95 Å². The van der Waals surface area contributed by atoms with Crippen molar-refractivity contribution in [2.24, 2.45) is 0 Å². The lowest BCUT2D eigenvalue weighted by molar-refractivity contribution is 1.17. The van der Waals surface area contributed by atoms with Gasteiger partial charge in [0.05, 0.1) is 17.3 Å². The zero-order chi connectivity index (χ0) is 12.8.